The lowest BCUT2D eigenvalue weighted by atomic mass is 10.2. The monoisotopic (exact) mass is 290 g/mol. The third-order valence-corrected chi connectivity index (χ3v) is 3.93. The summed E-state index contributed by atoms with van der Waals surface area (Å²) in [4.78, 5) is 14.4. The Kier molecular flexibility index (Phi) is 3.25. The summed E-state index contributed by atoms with van der Waals surface area (Å²) in [6.45, 7) is 1.21. The van der Waals surface area contributed by atoms with Crippen molar-refractivity contribution in [1.29, 1.82) is 0 Å². The molecular formula is C12H14N6OS. The number of fused-ring (bicyclic) bond motifs is 1. The molecule has 8 heteroatoms. The van der Waals surface area contributed by atoms with Crippen molar-refractivity contribution >= 4 is 27.5 Å². The maximum atomic E-state index is 11.6. The van der Waals surface area contributed by atoms with Gasteiger partial charge in [-0.3, -0.25) is 4.57 Å². The maximum Gasteiger partial charge on any atom is 0.326 e. The number of hydrogen-bond acceptors (Lipinski definition) is 6. The van der Waals surface area contributed by atoms with E-state index in [1.54, 1.807) is 11.6 Å². The summed E-state index contributed by atoms with van der Waals surface area (Å²) >= 11 is 1.46. The number of aromatic amines is 1. The average molecular weight is 290 g/mol. The highest BCUT2D eigenvalue weighted by Gasteiger charge is 2.09. The molecule has 2 aromatic heterocycles. The van der Waals surface area contributed by atoms with Gasteiger partial charge in [0.05, 0.1) is 11.0 Å². The van der Waals surface area contributed by atoms with E-state index in [0.29, 0.717) is 13.1 Å². The lowest BCUT2D eigenvalue weighted by Crippen LogP contribution is -2.12. The Bertz CT molecular complexity index is 802. The summed E-state index contributed by atoms with van der Waals surface area (Å²) in [6, 6.07) is 5.73. The third kappa shape index (κ3) is 2.19. The standard InChI is InChI=1S/C12H14N6OS/c1-18-9-6-7(2-3-8(9)15-12(18)19)10-16-17-11(20-10)14-5-4-13/h2-3,6H,4-5,13H2,1H3,(H,14,17)(H,15,19). The maximum absolute atomic E-state index is 11.6. The first-order valence-corrected chi connectivity index (χ1v) is 6.97. The number of H-pyrrole nitrogens is 1. The van der Waals surface area contributed by atoms with E-state index in [1.165, 1.54) is 11.3 Å². The normalized spacial score (nSPS) is 11.1. The molecule has 2 heterocycles. The van der Waals surface area contributed by atoms with Gasteiger partial charge in [-0.15, -0.1) is 10.2 Å². The molecule has 0 atom stereocenters. The van der Waals surface area contributed by atoms with Crippen molar-refractivity contribution in [1.82, 2.24) is 19.7 Å². The summed E-state index contributed by atoms with van der Waals surface area (Å²) in [5, 5.41) is 12.9. The SMILES string of the molecule is Cn1c(=O)[nH]c2ccc(-c3nnc(NCCN)s3)cc21. The molecule has 3 aromatic rings. The van der Waals surface area contributed by atoms with Crippen LogP contribution in [0.3, 0.4) is 0 Å². The van der Waals surface area contributed by atoms with Gasteiger partial charge in [0, 0.05) is 25.7 Å². The Morgan fingerprint density at radius 2 is 2.30 bits per heavy atom. The molecule has 0 saturated carbocycles. The molecular weight excluding hydrogens is 276 g/mol. The Labute approximate surface area is 118 Å². The highest BCUT2D eigenvalue weighted by atomic mass is 32.1. The van der Waals surface area contributed by atoms with Gasteiger partial charge >= 0.3 is 5.69 Å². The molecule has 1 aromatic carbocycles. The van der Waals surface area contributed by atoms with Gasteiger partial charge in [-0.2, -0.15) is 0 Å². The minimum atomic E-state index is -0.125. The summed E-state index contributed by atoms with van der Waals surface area (Å²) in [6.07, 6.45) is 0. The first-order valence-electron chi connectivity index (χ1n) is 6.15. The molecule has 0 radical (unpaired) electrons. The molecule has 0 aliphatic rings. The molecule has 0 aliphatic heterocycles. The Morgan fingerprint density at radius 1 is 1.45 bits per heavy atom. The summed E-state index contributed by atoms with van der Waals surface area (Å²) in [5.41, 5.74) is 7.90. The van der Waals surface area contributed by atoms with E-state index >= 15 is 0 Å². The zero-order valence-corrected chi connectivity index (χ0v) is 11.7. The van der Waals surface area contributed by atoms with Crippen molar-refractivity contribution in [2.45, 2.75) is 0 Å². The van der Waals surface area contributed by atoms with Gasteiger partial charge in [-0.25, -0.2) is 4.79 Å². The summed E-state index contributed by atoms with van der Waals surface area (Å²) in [7, 11) is 1.74. The van der Waals surface area contributed by atoms with Crippen LogP contribution in [-0.2, 0) is 7.05 Å². The number of rotatable bonds is 4. The van der Waals surface area contributed by atoms with E-state index in [2.05, 4.69) is 20.5 Å². The lowest BCUT2D eigenvalue weighted by Gasteiger charge is -1.98. The van der Waals surface area contributed by atoms with Crippen molar-refractivity contribution in [2.24, 2.45) is 12.8 Å². The van der Waals surface area contributed by atoms with Crippen molar-refractivity contribution in [3.05, 3.63) is 28.7 Å². The Hall–Kier alpha value is -2.19. The van der Waals surface area contributed by atoms with Gasteiger partial charge in [0.1, 0.15) is 5.01 Å². The third-order valence-electron chi connectivity index (χ3n) is 3.00. The highest BCUT2D eigenvalue weighted by Crippen LogP contribution is 2.28. The van der Waals surface area contributed by atoms with Gasteiger partial charge in [-0.05, 0) is 18.2 Å². The van der Waals surface area contributed by atoms with Crippen molar-refractivity contribution in [2.75, 3.05) is 18.4 Å². The van der Waals surface area contributed by atoms with Crippen LogP contribution in [-0.4, -0.2) is 32.8 Å². The van der Waals surface area contributed by atoms with Crippen LogP contribution in [0.5, 0.6) is 0 Å². The van der Waals surface area contributed by atoms with E-state index in [4.69, 9.17) is 5.73 Å². The topological polar surface area (TPSA) is 102 Å². The second-order valence-electron chi connectivity index (χ2n) is 4.35. The van der Waals surface area contributed by atoms with Crippen LogP contribution in [0.2, 0.25) is 0 Å². The molecule has 0 saturated heterocycles. The number of benzene rings is 1. The number of anilines is 1. The molecule has 0 unspecified atom stereocenters. The van der Waals surface area contributed by atoms with Gasteiger partial charge < -0.3 is 16.0 Å². The molecule has 104 valence electrons. The smallest absolute Gasteiger partial charge is 0.326 e. The highest BCUT2D eigenvalue weighted by molar-refractivity contribution is 7.18. The van der Waals surface area contributed by atoms with Crippen molar-refractivity contribution in [3.63, 3.8) is 0 Å². The second kappa shape index (κ2) is 5.06. The number of aryl methyl sites for hydroxylation is 1. The van der Waals surface area contributed by atoms with E-state index in [-0.39, 0.29) is 5.69 Å². The van der Waals surface area contributed by atoms with Gasteiger partial charge in [0.15, 0.2) is 0 Å². The van der Waals surface area contributed by atoms with E-state index in [1.807, 2.05) is 18.2 Å². The van der Waals surface area contributed by atoms with Crippen LogP contribution >= 0.6 is 11.3 Å². The first kappa shape index (κ1) is 12.8. The fraction of sp³-hybridized carbons (Fsp3) is 0.250. The van der Waals surface area contributed by atoms with Gasteiger partial charge in [-0.1, -0.05) is 11.3 Å². The first-order chi connectivity index (χ1) is 9.69. The fourth-order valence-corrected chi connectivity index (χ4v) is 2.71. The van der Waals surface area contributed by atoms with Crippen LogP contribution in [0.4, 0.5) is 5.13 Å². The minimum absolute atomic E-state index is 0.125. The number of nitrogens with zero attached hydrogens (tertiary/aromatic N) is 3. The average Bonchev–Trinajstić information content (AvgIpc) is 3.03. The van der Waals surface area contributed by atoms with Crippen LogP contribution in [0, 0.1) is 0 Å². The predicted octanol–water partition coefficient (Wildman–Crippen LogP) is 0.756. The number of nitrogens with one attached hydrogen (secondary N) is 2. The van der Waals surface area contributed by atoms with E-state index < -0.39 is 0 Å². The van der Waals surface area contributed by atoms with Crippen LogP contribution in [0.25, 0.3) is 21.6 Å². The molecule has 0 fully saturated rings. The van der Waals surface area contributed by atoms with Gasteiger partial charge in [0.2, 0.25) is 5.13 Å². The van der Waals surface area contributed by atoms with Gasteiger partial charge in [0.25, 0.3) is 0 Å². The second-order valence-corrected chi connectivity index (χ2v) is 5.33. The molecule has 20 heavy (non-hydrogen) atoms. The minimum Gasteiger partial charge on any atom is -0.359 e. The van der Waals surface area contributed by atoms with E-state index in [9.17, 15) is 4.79 Å². The molecule has 3 rings (SSSR count). The predicted molar refractivity (Wildman–Crippen MR) is 80.0 cm³/mol. The number of imidazole rings is 1. The molecule has 4 N–H and O–H groups in total. The number of aromatic nitrogens is 4. The zero-order valence-electron chi connectivity index (χ0n) is 10.9. The van der Waals surface area contributed by atoms with Crippen LogP contribution < -0.4 is 16.7 Å². The molecule has 0 spiro atoms. The fourth-order valence-electron chi connectivity index (χ4n) is 1.95. The molecule has 7 nitrogen and oxygen atoms in total. The zero-order chi connectivity index (χ0) is 14.1. The summed E-state index contributed by atoms with van der Waals surface area (Å²) in [5.74, 6) is 0. The van der Waals surface area contributed by atoms with E-state index in [0.717, 1.165) is 26.7 Å². The largest absolute Gasteiger partial charge is 0.359 e. The lowest BCUT2D eigenvalue weighted by molar-refractivity contribution is 0.891. The molecule has 0 aliphatic carbocycles. The summed E-state index contributed by atoms with van der Waals surface area (Å²) < 4.78 is 1.58. The quantitative estimate of drug-likeness (QED) is 0.658. The number of nitrogens with two attached hydrogens (primary N) is 1. The van der Waals surface area contributed by atoms with Crippen molar-refractivity contribution in [3.8, 4) is 10.6 Å². The van der Waals surface area contributed by atoms with Crippen molar-refractivity contribution < 1.29 is 0 Å². The molecule has 0 amide bonds. The molecule has 0 bridgehead atoms. The Balaban J connectivity index is 1.99. The van der Waals surface area contributed by atoms with Crippen LogP contribution in [0.15, 0.2) is 23.0 Å². The number of hydrogen-bond donors (Lipinski definition) is 3. The van der Waals surface area contributed by atoms with Crippen LogP contribution in [0.1, 0.15) is 0 Å². The Morgan fingerprint density at radius 3 is 3.10 bits per heavy atom.